The topological polar surface area (TPSA) is 83.0 Å². The van der Waals surface area contributed by atoms with Crippen molar-refractivity contribution in [2.24, 2.45) is 0 Å². The number of aromatic amines is 1. The van der Waals surface area contributed by atoms with Crippen molar-refractivity contribution >= 4 is 5.97 Å². The minimum Gasteiger partial charge on any atom is -0.481 e. The third-order valence-corrected chi connectivity index (χ3v) is 3.74. The molecule has 20 heavy (non-hydrogen) atoms. The highest BCUT2D eigenvalue weighted by atomic mass is 16.4. The second-order valence-electron chi connectivity index (χ2n) is 5.10. The number of H-pyrrole nitrogens is 1. The van der Waals surface area contributed by atoms with Crippen LogP contribution < -0.4 is 5.56 Å². The Hall–Kier alpha value is -2.43. The van der Waals surface area contributed by atoms with Gasteiger partial charge in [0, 0.05) is 11.8 Å². The largest absolute Gasteiger partial charge is 0.481 e. The predicted molar refractivity (Wildman–Crippen MR) is 72.7 cm³/mol. The van der Waals surface area contributed by atoms with E-state index in [1.165, 1.54) is 6.20 Å². The molecule has 102 valence electrons. The van der Waals surface area contributed by atoms with Crippen LogP contribution in [0.1, 0.15) is 29.8 Å². The molecule has 0 unspecified atom stereocenters. The van der Waals surface area contributed by atoms with Gasteiger partial charge in [-0.25, -0.2) is 4.98 Å². The average molecular weight is 270 g/mol. The normalized spacial score (nSPS) is 15.8. The minimum absolute atomic E-state index is 0.185. The molecule has 0 aliphatic heterocycles. The van der Waals surface area contributed by atoms with Crippen LogP contribution in [0, 0.1) is 0 Å². The van der Waals surface area contributed by atoms with E-state index in [0.29, 0.717) is 5.82 Å². The van der Waals surface area contributed by atoms with Crippen LogP contribution in [0.5, 0.6) is 0 Å². The van der Waals surface area contributed by atoms with E-state index in [1.807, 2.05) is 30.3 Å². The molecule has 1 heterocycles. The quantitative estimate of drug-likeness (QED) is 0.881. The van der Waals surface area contributed by atoms with Gasteiger partial charge in [-0.3, -0.25) is 9.59 Å². The smallest absolute Gasteiger partial charge is 0.308 e. The molecule has 0 amide bonds. The molecule has 5 nitrogen and oxygen atoms in total. The molecule has 0 bridgehead atoms. The molecule has 2 aromatic rings. The number of carbonyl (C=O) groups is 1. The minimum atomic E-state index is -1.03. The Labute approximate surface area is 115 Å². The van der Waals surface area contributed by atoms with E-state index in [1.54, 1.807) is 0 Å². The zero-order valence-corrected chi connectivity index (χ0v) is 10.8. The van der Waals surface area contributed by atoms with Crippen LogP contribution in [0.3, 0.4) is 0 Å². The molecule has 0 atom stereocenters. The van der Waals surface area contributed by atoms with E-state index in [9.17, 15) is 9.59 Å². The van der Waals surface area contributed by atoms with E-state index in [2.05, 4.69) is 9.97 Å². The third-order valence-electron chi connectivity index (χ3n) is 3.74. The Bertz CT molecular complexity index is 703. The lowest BCUT2D eigenvalue weighted by atomic mass is 9.95. The molecular formula is C15H14N2O3. The van der Waals surface area contributed by atoms with Crippen molar-refractivity contribution in [2.75, 3.05) is 0 Å². The number of aromatic nitrogens is 2. The fourth-order valence-electron chi connectivity index (χ4n) is 2.50. The summed E-state index contributed by atoms with van der Waals surface area (Å²) in [4.78, 5) is 29.6. The summed E-state index contributed by atoms with van der Waals surface area (Å²) < 4.78 is 0. The van der Waals surface area contributed by atoms with Gasteiger partial charge in [-0.1, -0.05) is 30.3 Å². The molecule has 1 saturated carbocycles. The van der Waals surface area contributed by atoms with Gasteiger partial charge in [0.15, 0.2) is 0 Å². The SMILES string of the molecule is O=C(O)Cc1cnc(C2(c3ccccc3)CC2)[nH]c1=O. The maximum atomic E-state index is 11.9. The van der Waals surface area contributed by atoms with Gasteiger partial charge in [-0.15, -0.1) is 0 Å². The zero-order valence-electron chi connectivity index (χ0n) is 10.8. The highest BCUT2D eigenvalue weighted by Crippen LogP contribution is 2.51. The summed E-state index contributed by atoms with van der Waals surface area (Å²) in [6.45, 7) is 0. The maximum absolute atomic E-state index is 11.9. The van der Waals surface area contributed by atoms with Crippen LogP contribution in [-0.4, -0.2) is 21.0 Å². The van der Waals surface area contributed by atoms with Gasteiger partial charge < -0.3 is 10.1 Å². The lowest BCUT2D eigenvalue weighted by Gasteiger charge is -2.14. The molecule has 1 aromatic carbocycles. The van der Waals surface area contributed by atoms with E-state index in [4.69, 9.17) is 5.11 Å². The molecule has 3 rings (SSSR count). The van der Waals surface area contributed by atoms with E-state index >= 15 is 0 Å². The standard InChI is InChI=1S/C15H14N2O3/c18-12(19)8-10-9-16-14(17-13(10)20)15(6-7-15)11-4-2-1-3-5-11/h1-5,9H,6-8H2,(H,18,19)(H,16,17,20). The lowest BCUT2D eigenvalue weighted by molar-refractivity contribution is -0.136. The lowest BCUT2D eigenvalue weighted by Crippen LogP contribution is -2.23. The van der Waals surface area contributed by atoms with Gasteiger partial charge in [-0.05, 0) is 18.4 Å². The molecule has 1 fully saturated rings. The van der Waals surface area contributed by atoms with Gasteiger partial charge in [0.05, 0.1) is 11.8 Å². The van der Waals surface area contributed by atoms with Crippen LogP contribution in [0.2, 0.25) is 0 Å². The van der Waals surface area contributed by atoms with Gasteiger partial charge in [0.1, 0.15) is 5.82 Å². The van der Waals surface area contributed by atoms with Crippen molar-refractivity contribution in [2.45, 2.75) is 24.7 Å². The predicted octanol–water partition coefficient (Wildman–Crippen LogP) is 1.48. The molecule has 1 aliphatic carbocycles. The Morgan fingerprint density at radius 1 is 1.30 bits per heavy atom. The van der Waals surface area contributed by atoms with Crippen LogP contribution in [0.15, 0.2) is 41.3 Å². The molecular weight excluding hydrogens is 256 g/mol. The third kappa shape index (κ3) is 2.11. The number of benzene rings is 1. The number of carboxylic acid groups (broad SMARTS) is 1. The second kappa shape index (κ2) is 4.59. The van der Waals surface area contributed by atoms with E-state index in [-0.39, 0.29) is 23.0 Å². The molecule has 1 aromatic heterocycles. The first-order valence-electron chi connectivity index (χ1n) is 6.48. The monoisotopic (exact) mass is 270 g/mol. The zero-order chi connectivity index (χ0) is 14.2. The summed E-state index contributed by atoms with van der Waals surface area (Å²) in [5, 5.41) is 8.73. The van der Waals surface area contributed by atoms with Gasteiger partial charge >= 0.3 is 5.97 Å². The molecule has 0 radical (unpaired) electrons. The summed E-state index contributed by atoms with van der Waals surface area (Å²) in [5.41, 5.74) is 0.751. The van der Waals surface area contributed by atoms with Crippen molar-refractivity contribution < 1.29 is 9.90 Å². The number of carboxylic acids is 1. The summed E-state index contributed by atoms with van der Waals surface area (Å²) >= 11 is 0. The Kier molecular flexibility index (Phi) is 2.89. The first kappa shape index (κ1) is 12.6. The van der Waals surface area contributed by atoms with Crippen LogP contribution in [-0.2, 0) is 16.6 Å². The van der Waals surface area contributed by atoms with Crippen molar-refractivity contribution in [1.82, 2.24) is 9.97 Å². The van der Waals surface area contributed by atoms with Crippen molar-refractivity contribution in [3.8, 4) is 0 Å². The van der Waals surface area contributed by atoms with Crippen LogP contribution in [0.25, 0.3) is 0 Å². The van der Waals surface area contributed by atoms with Crippen molar-refractivity contribution in [1.29, 1.82) is 0 Å². The molecule has 1 aliphatic rings. The number of aliphatic carboxylic acids is 1. The number of nitrogens with one attached hydrogen (secondary N) is 1. The number of nitrogens with zero attached hydrogens (tertiary/aromatic N) is 1. The fraction of sp³-hybridized carbons (Fsp3) is 0.267. The summed E-state index contributed by atoms with van der Waals surface area (Å²) in [6.07, 6.45) is 2.96. The molecule has 0 saturated heterocycles. The first-order valence-corrected chi connectivity index (χ1v) is 6.48. The molecule has 0 spiro atoms. The van der Waals surface area contributed by atoms with Gasteiger partial charge in [-0.2, -0.15) is 0 Å². The second-order valence-corrected chi connectivity index (χ2v) is 5.10. The van der Waals surface area contributed by atoms with Gasteiger partial charge in [0.2, 0.25) is 0 Å². The summed E-state index contributed by atoms with van der Waals surface area (Å²) in [7, 11) is 0. The van der Waals surface area contributed by atoms with Crippen molar-refractivity contribution in [3.63, 3.8) is 0 Å². The number of hydrogen-bond acceptors (Lipinski definition) is 3. The number of rotatable bonds is 4. The maximum Gasteiger partial charge on any atom is 0.308 e. The average Bonchev–Trinajstić information content (AvgIpc) is 3.23. The summed E-state index contributed by atoms with van der Waals surface area (Å²) in [6, 6.07) is 9.93. The Morgan fingerprint density at radius 2 is 2.00 bits per heavy atom. The first-order chi connectivity index (χ1) is 9.62. The Balaban J connectivity index is 1.98. The summed E-state index contributed by atoms with van der Waals surface area (Å²) in [5.74, 6) is -0.405. The van der Waals surface area contributed by atoms with E-state index < -0.39 is 5.97 Å². The van der Waals surface area contributed by atoms with Crippen LogP contribution >= 0.6 is 0 Å². The Morgan fingerprint density at radius 3 is 2.55 bits per heavy atom. The number of hydrogen-bond donors (Lipinski definition) is 2. The molecule has 5 heteroatoms. The fourth-order valence-corrected chi connectivity index (χ4v) is 2.50. The highest BCUT2D eigenvalue weighted by molar-refractivity contribution is 5.69. The van der Waals surface area contributed by atoms with E-state index in [0.717, 1.165) is 18.4 Å². The highest BCUT2D eigenvalue weighted by Gasteiger charge is 2.48. The van der Waals surface area contributed by atoms with Crippen molar-refractivity contribution in [3.05, 3.63) is 63.8 Å². The molecule has 2 N–H and O–H groups in total. The van der Waals surface area contributed by atoms with Crippen LogP contribution in [0.4, 0.5) is 0 Å². The van der Waals surface area contributed by atoms with Gasteiger partial charge in [0.25, 0.3) is 5.56 Å².